The van der Waals surface area contributed by atoms with Crippen LogP contribution in [0.1, 0.15) is 56.6 Å². The summed E-state index contributed by atoms with van der Waals surface area (Å²) in [7, 11) is -1.35. The fraction of sp³-hybridized carbons (Fsp3) is 0.412. The molecular weight excluding hydrogens is 649 g/mol. The van der Waals surface area contributed by atoms with Gasteiger partial charge < -0.3 is 19.7 Å². The molecule has 1 fully saturated rings. The quantitative estimate of drug-likeness (QED) is 0.212. The molecule has 1 aliphatic carbocycles. The van der Waals surface area contributed by atoms with Crippen LogP contribution in [0.15, 0.2) is 65.6 Å². The molecule has 12 heteroatoms. The van der Waals surface area contributed by atoms with Gasteiger partial charge in [-0.1, -0.05) is 73.2 Å². The van der Waals surface area contributed by atoms with E-state index in [1.165, 1.54) is 37.3 Å². The van der Waals surface area contributed by atoms with Crippen LogP contribution in [0.3, 0.4) is 0 Å². The average molecular weight is 691 g/mol. The second kappa shape index (κ2) is 15.9. The minimum Gasteiger partial charge on any atom is -0.493 e. The van der Waals surface area contributed by atoms with Crippen LogP contribution in [0.25, 0.3) is 0 Å². The number of amides is 2. The predicted octanol–water partition coefficient (Wildman–Crippen LogP) is 6.77. The first-order valence-electron chi connectivity index (χ1n) is 15.3. The van der Waals surface area contributed by atoms with E-state index in [4.69, 9.17) is 32.7 Å². The zero-order chi connectivity index (χ0) is 33.4. The molecule has 0 spiro atoms. The van der Waals surface area contributed by atoms with Crippen LogP contribution >= 0.6 is 23.2 Å². The van der Waals surface area contributed by atoms with E-state index in [1.54, 1.807) is 42.5 Å². The van der Waals surface area contributed by atoms with Crippen molar-refractivity contribution in [2.45, 2.75) is 75.9 Å². The Morgan fingerprint density at radius 1 is 0.935 bits per heavy atom. The molecule has 46 heavy (non-hydrogen) atoms. The highest BCUT2D eigenvalue weighted by Gasteiger charge is 2.35. The molecule has 1 atom stereocenters. The highest BCUT2D eigenvalue weighted by Crippen LogP contribution is 2.34. The van der Waals surface area contributed by atoms with Crippen LogP contribution in [0, 0.1) is 6.92 Å². The molecule has 0 bridgehead atoms. The number of benzene rings is 3. The van der Waals surface area contributed by atoms with Gasteiger partial charge in [0.25, 0.3) is 10.0 Å². The Labute approximate surface area is 281 Å². The second-order valence-electron chi connectivity index (χ2n) is 11.4. The maximum absolute atomic E-state index is 14.5. The second-order valence-corrected chi connectivity index (χ2v) is 14.0. The largest absolute Gasteiger partial charge is 0.493 e. The summed E-state index contributed by atoms with van der Waals surface area (Å²) in [5, 5.41) is 3.79. The van der Waals surface area contributed by atoms with E-state index < -0.39 is 28.5 Å². The third-order valence-electron chi connectivity index (χ3n) is 8.27. The molecule has 3 aromatic rings. The van der Waals surface area contributed by atoms with Gasteiger partial charge in [-0.25, -0.2) is 8.42 Å². The summed E-state index contributed by atoms with van der Waals surface area (Å²) >= 11 is 13.1. The van der Waals surface area contributed by atoms with Gasteiger partial charge >= 0.3 is 0 Å². The van der Waals surface area contributed by atoms with Crippen LogP contribution < -0.4 is 19.1 Å². The molecule has 0 aliphatic heterocycles. The van der Waals surface area contributed by atoms with E-state index in [0.717, 1.165) is 42.0 Å². The molecule has 1 unspecified atom stereocenters. The van der Waals surface area contributed by atoms with E-state index in [2.05, 4.69) is 5.32 Å². The lowest BCUT2D eigenvalue weighted by Crippen LogP contribution is -2.54. The fourth-order valence-corrected chi connectivity index (χ4v) is 7.59. The Balaban J connectivity index is 1.78. The Bertz CT molecular complexity index is 1610. The first-order valence-corrected chi connectivity index (χ1v) is 17.5. The number of anilines is 1. The number of hydrogen-bond donors (Lipinski definition) is 1. The number of halogens is 2. The number of aryl methyl sites for hydroxylation is 1. The number of methoxy groups -OCH3 is 2. The van der Waals surface area contributed by atoms with Crippen LogP contribution in [0.5, 0.6) is 11.5 Å². The van der Waals surface area contributed by atoms with Gasteiger partial charge in [0.2, 0.25) is 11.8 Å². The summed E-state index contributed by atoms with van der Waals surface area (Å²) in [6.45, 7) is 2.96. The lowest BCUT2D eigenvalue weighted by Gasteiger charge is -2.35. The van der Waals surface area contributed by atoms with Crippen molar-refractivity contribution in [3.63, 3.8) is 0 Å². The van der Waals surface area contributed by atoms with Crippen molar-refractivity contribution in [3.05, 3.63) is 81.8 Å². The Kier molecular flexibility index (Phi) is 12.2. The molecule has 0 radical (unpaired) electrons. The molecule has 9 nitrogen and oxygen atoms in total. The molecule has 3 aromatic carbocycles. The van der Waals surface area contributed by atoms with Gasteiger partial charge in [0, 0.05) is 34.3 Å². The average Bonchev–Trinajstić information content (AvgIpc) is 3.05. The summed E-state index contributed by atoms with van der Waals surface area (Å²) in [5.41, 5.74) is 1.52. The Morgan fingerprint density at radius 3 is 2.15 bits per heavy atom. The van der Waals surface area contributed by atoms with Gasteiger partial charge in [-0.15, -0.1) is 0 Å². The molecule has 0 aromatic heterocycles. The fourth-order valence-electron chi connectivity index (χ4n) is 5.66. The van der Waals surface area contributed by atoms with Crippen LogP contribution in [-0.4, -0.2) is 58.0 Å². The van der Waals surface area contributed by atoms with Crippen LogP contribution in [0.2, 0.25) is 10.0 Å². The number of nitrogens with zero attached hydrogens (tertiary/aromatic N) is 2. The third kappa shape index (κ3) is 8.27. The summed E-state index contributed by atoms with van der Waals surface area (Å²) in [6.07, 6.45) is 5.20. The first kappa shape index (κ1) is 35.4. The molecule has 248 valence electrons. The Morgan fingerprint density at radius 2 is 1.57 bits per heavy atom. The monoisotopic (exact) mass is 689 g/mol. The molecular formula is C34H41Cl2N3O6S. The number of sulfonamides is 1. The summed E-state index contributed by atoms with van der Waals surface area (Å²) in [5.74, 6) is -0.225. The molecule has 2 amide bonds. The molecule has 1 saturated carbocycles. The van der Waals surface area contributed by atoms with Crippen molar-refractivity contribution in [2.24, 2.45) is 0 Å². The standard InChI is InChI=1S/C34H41Cl2N3O6S/c1-5-30(34(41)37-24-10-7-6-8-11-24)38(21-27-28(35)12-9-13-29(27)36)33(40)22-39(25-16-19-31(44-3)32(20-25)45-4)46(42,43)26-17-14-23(2)15-18-26/h9,12-20,24,30H,5-8,10-11,21-22H2,1-4H3,(H,37,41). The van der Waals surface area contributed by atoms with Crippen molar-refractivity contribution >= 4 is 50.7 Å². The summed E-state index contributed by atoms with van der Waals surface area (Å²) in [6, 6.07) is 15.1. The normalized spacial score (nSPS) is 14.3. The number of hydrogen-bond acceptors (Lipinski definition) is 6. The van der Waals surface area contributed by atoms with Gasteiger partial charge in [-0.2, -0.15) is 0 Å². The lowest BCUT2D eigenvalue weighted by molar-refractivity contribution is -0.140. The highest BCUT2D eigenvalue weighted by molar-refractivity contribution is 7.92. The van der Waals surface area contributed by atoms with E-state index in [1.807, 2.05) is 13.8 Å². The smallest absolute Gasteiger partial charge is 0.264 e. The molecule has 1 aliphatic rings. The number of ether oxygens (including phenoxy) is 2. The van der Waals surface area contributed by atoms with E-state index in [9.17, 15) is 18.0 Å². The Hall–Kier alpha value is -3.47. The molecule has 0 saturated heterocycles. The van der Waals surface area contributed by atoms with Crippen LogP contribution in [0.4, 0.5) is 5.69 Å². The first-order chi connectivity index (χ1) is 22.0. The number of carbonyl (C=O) groups excluding carboxylic acids is 2. The van der Waals surface area contributed by atoms with Gasteiger partial charge in [-0.3, -0.25) is 13.9 Å². The minimum absolute atomic E-state index is 0.00321. The summed E-state index contributed by atoms with van der Waals surface area (Å²) < 4.78 is 40.3. The number of carbonyl (C=O) groups is 2. The molecule has 1 N–H and O–H groups in total. The zero-order valence-corrected chi connectivity index (χ0v) is 28.9. The van der Waals surface area contributed by atoms with Gasteiger partial charge in [0.05, 0.1) is 24.8 Å². The molecule has 4 rings (SSSR count). The van der Waals surface area contributed by atoms with E-state index in [0.29, 0.717) is 21.4 Å². The van der Waals surface area contributed by atoms with E-state index >= 15 is 0 Å². The number of nitrogens with one attached hydrogen (secondary N) is 1. The van der Waals surface area contributed by atoms with Crippen molar-refractivity contribution in [2.75, 3.05) is 25.1 Å². The van der Waals surface area contributed by atoms with E-state index in [-0.39, 0.29) is 41.2 Å². The van der Waals surface area contributed by atoms with Gasteiger partial charge in [-0.05, 0) is 62.6 Å². The molecule has 0 heterocycles. The van der Waals surface area contributed by atoms with Gasteiger partial charge in [0.15, 0.2) is 11.5 Å². The lowest BCUT2D eigenvalue weighted by atomic mass is 9.95. The van der Waals surface area contributed by atoms with Crippen molar-refractivity contribution in [3.8, 4) is 11.5 Å². The zero-order valence-electron chi connectivity index (χ0n) is 26.6. The maximum atomic E-state index is 14.5. The van der Waals surface area contributed by atoms with Gasteiger partial charge in [0.1, 0.15) is 12.6 Å². The SMILES string of the molecule is CCC(C(=O)NC1CCCCC1)N(Cc1c(Cl)cccc1Cl)C(=O)CN(c1ccc(OC)c(OC)c1)S(=O)(=O)c1ccc(C)cc1. The number of rotatable bonds is 13. The predicted molar refractivity (Wildman–Crippen MR) is 181 cm³/mol. The maximum Gasteiger partial charge on any atom is 0.264 e. The van der Waals surface area contributed by atoms with Crippen molar-refractivity contribution < 1.29 is 27.5 Å². The van der Waals surface area contributed by atoms with Crippen LogP contribution in [-0.2, 0) is 26.2 Å². The highest BCUT2D eigenvalue weighted by atomic mass is 35.5. The van der Waals surface area contributed by atoms with Crippen molar-refractivity contribution in [1.82, 2.24) is 10.2 Å². The van der Waals surface area contributed by atoms with Crippen molar-refractivity contribution in [1.29, 1.82) is 0 Å². The summed E-state index contributed by atoms with van der Waals surface area (Å²) in [4.78, 5) is 29.6. The third-order valence-corrected chi connectivity index (χ3v) is 10.8. The minimum atomic E-state index is -4.27. The topological polar surface area (TPSA) is 105 Å².